The van der Waals surface area contributed by atoms with Crippen LogP contribution in [0.25, 0.3) is 11.3 Å². The van der Waals surface area contributed by atoms with Crippen molar-refractivity contribution in [3.8, 4) is 17.0 Å². The number of ether oxygens (including phenoxy) is 1. The lowest BCUT2D eigenvalue weighted by Gasteiger charge is -2.21. The highest BCUT2D eigenvalue weighted by molar-refractivity contribution is 6.31. The van der Waals surface area contributed by atoms with E-state index in [1.165, 1.54) is 18.2 Å². The van der Waals surface area contributed by atoms with Gasteiger partial charge in [0.15, 0.2) is 0 Å². The number of hydrogen-bond acceptors (Lipinski definition) is 5. The van der Waals surface area contributed by atoms with Gasteiger partial charge < -0.3 is 15.4 Å². The second-order valence-corrected chi connectivity index (χ2v) is 8.41. The Bertz CT molecular complexity index is 1080. The summed E-state index contributed by atoms with van der Waals surface area (Å²) >= 11 is 6.09. The number of halogens is 4. The van der Waals surface area contributed by atoms with Gasteiger partial charge in [0.1, 0.15) is 11.6 Å². The smallest absolute Gasteiger partial charge is 0.406 e. The van der Waals surface area contributed by atoms with E-state index in [0.29, 0.717) is 28.0 Å². The molecular weight excluding hydrogens is 429 g/mol. The highest BCUT2D eigenvalue weighted by Gasteiger charge is 2.31. The van der Waals surface area contributed by atoms with Crippen LogP contribution in [0.2, 0.25) is 5.02 Å². The Morgan fingerprint density at radius 2 is 1.71 bits per heavy atom. The molecule has 0 spiro atoms. The zero-order valence-electron chi connectivity index (χ0n) is 17.4. The lowest BCUT2D eigenvalue weighted by Crippen LogP contribution is -2.27. The van der Waals surface area contributed by atoms with E-state index in [1.807, 2.05) is 39.8 Å². The predicted molar refractivity (Wildman–Crippen MR) is 117 cm³/mol. The van der Waals surface area contributed by atoms with Crippen molar-refractivity contribution in [2.75, 3.05) is 10.6 Å². The second-order valence-electron chi connectivity index (χ2n) is 8.00. The first-order valence-corrected chi connectivity index (χ1v) is 9.82. The van der Waals surface area contributed by atoms with Crippen LogP contribution in [0.4, 0.5) is 30.6 Å². The molecule has 0 unspecified atom stereocenters. The fraction of sp³-hybridized carbons (Fsp3) is 0.273. The topological polar surface area (TPSA) is 59.1 Å². The van der Waals surface area contributed by atoms with E-state index in [1.54, 1.807) is 18.2 Å². The summed E-state index contributed by atoms with van der Waals surface area (Å²) in [7, 11) is 0. The van der Waals surface area contributed by atoms with Crippen LogP contribution in [0.5, 0.6) is 5.75 Å². The van der Waals surface area contributed by atoms with E-state index in [9.17, 15) is 13.2 Å². The molecule has 0 amide bonds. The zero-order valence-corrected chi connectivity index (χ0v) is 18.2. The number of aryl methyl sites for hydroxylation is 1. The number of rotatable bonds is 5. The normalized spacial score (nSPS) is 11.9. The molecule has 5 nitrogen and oxygen atoms in total. The largest absolute Gasteiger partial charge is 0.573 e. The Balaban J connectivity index is 2.01. The molecule has 3 aromatic rings. The standard InChI is InChI=1S/C22H22ClF3N4O/c1-13-10-15(8-9-17(13)23)27-19-12-18(28-20(29-19)30-21(2,3)4)14-6-5-7-16(11-14)31-22(24,25)26/h5-12H,1-4H3,(H2,27,28,29,30). The van der Waals surface area contributed by atoms with Crippen molar-refractivity contribution in [2.24, 2.45) is 0 Å². The molecule has 2 aromatic carbocycles. The number of nitrogens with zero attached hydrogens (tertiary/aromatic N) is 2. The van der Waals surface area contributed by atoms with Gasteiger partial charge in [0.2, 0.25) is 5.95 Å². The van der Waals surface area contributed by atoms with Crippen LogP contribution in [0.3, 0.4) is 0 Å². The van der Waals surface area contributed by atoms with Gasteiger partial charge in [0.25, 0.3) is 0 Å². The molecule has 3 rings (SSSR count). The first-order valence-electron chi connectivity index (χ1n) is 9.45. The average Bonchev–Trinajstić information content (AvgIpc) is 2.62. The molecule has 0 saturated carbocycles. The molecule has 164 valence electrons. The maximum atomic E-state index is 12.6. The van der Waals surface area contributed by atoms with Gasteiger partial charge in [0.05, 0.1) is 5.69 Å². The van der Waals surface area contributed by atoms with Crippen LogP contribution in [-0.2, 0) is 0 Å². The first kappa shape index (κ1) is 22.7. The minimum Gasteiger partial charge on any atom is -0.406 e. The summed E-state index contributed by atoms with van der Waals surface area (Å²) in [6, 6.07) is 12.8. The molecule has 2 N–H and O–H groups in total. The summed E-state index contributed by atoms with van der Waals surface area (Å²) in [6.45, 7) is 7.75. The molecule has 9 heteroatoms. The number of anilines is 3. The average molecular weight is 451 g/mol. The number of alkyl halides is 3. The molecule has 0 aliphatic carbocycles. The molecule has 1 heterocycles. The van der Waals surface area contributed by atoms with Gasteiger partial charge >= 0.3 is 6.36 Å². The van der Waals surface area contributed by atoms with E-state index in [0.717, 1.165) is 11.3 Å². The van der Waals surface area contributed by atoms with Crippen LogP contribution in [0.15, 0.2) is 48.5 Å². The van der Waals surface area contributed by atoms with Gasteiger partial charge in [-0.2, -0.15) is 4.98 Å². The van der Waals surface area contributed by atoms with Crippen molar-refractivity contribution in [3.05, 3.63) is 59.1 Å². The summed E-state index contributed by atoms with van der Waals surface area (Å²) in [6.07, 6.45) is -4.78. The van der Waals surface area contributed by atoms with E-state index < -0.39 is 6.36 Å². The lowest BCUT2D eigenvalue weighted by molar-refractivity contribution is -0.274. The second kappa shape index (κ2) is 8.63. The summed E-state index contributed by atoms with van der Waals surface area (Å²) in [5, 5.41) is 7.04. The Morgan fingerprint density at radius 3 is 2.35 bits per heavy atom. The maximum absolute atomic E-state index is 12.6. The van der Waals surface area contributed by atoms with Gasteiger partial charge in [-0.25, -0.2) is 4.98 Å². The van der Waals surface area contributed by atoms with Gasteiger partial charge in [-0.05, 0) is 63.6 Å². The van der Waals surface area contributed by atoms with Crippen molar-refractivity contribution < 1.29 is 17.9 Å². The third-order valence-electron chi connectivity index (χ3n) is 4.01. The van der Waals surface area contributed by atoms with Crippen LogP contribution >= 0.6 is 11.6 Å². The maximum Gasteiger partial charge on any atom is 0.573 e. The summed E-state index contributed by atoms with van der Waals surface area (Å²) in [5.74, 6) is 0.484. The Labute approximate surface area is 183 Å². The third kappa shape index (κ3) is 6.75. The van der Waals surface area contributed by atoms with E-state index in [4.69, 9.17) is 11.6 Å². The molecule has 0 radical (unpaired) electrons. The van der Waals surface area contributed by atoms with Crippen LogP contribution in [0.1, 0.15) is 26.3 Å². The Hall–Kier alpha value is -3.00. The minimum atomic E-state index is -4.78. The van der Waals surface area contributed by atoms with Gasteiger partial charge in [-0.3, -0.25) is 0 Å². The zero-order chi connectivity index (χ0) is 22.8. The number of hydrogen-bond donors (Lipinski definition) is 2. The molecule has 31 heavy (non-hydrogen) atoms. The number of benzene rings is 2. The van der Waals surface area contributed by atoms with Crippen LogP contribution in [-0.4, -0.2) is 21.9 Å². The first-order chi connectivity index (χ1) is 14.4. The van der Waals surface area contributed by atoms with E-state index in [2.05, 4.69) is 25.3 Å². The fourth-order valence-corrected chi connectivity index (χ4v) is 2.89. The van der Waals surface area contributed by atoms with E-state index in [-0.39, 0.29) is 11.3 Å². The fourth-order valence-electron chi connectivity index (χ4n) is 2.77. The molecule has 0 saturated heterocycles. The highest BCUT2D eigenvalue weighted by Crippen LogP contribution is 2.30. The van der Waals surface area contributed by atoms with Gasteiger partial charge in [0, 0.05) is 27.9 Å². The number of nitrogens with one attached hydrogen (secondary N) is 2. The van der Waals surface area contributed by atoms with E-state index >= 15 is 0 Å². The van der Waals surface area contributed by atoms with Crippen molar-refractivity contribution >= 4 is 29.1 Å². The van der Waals surface area contributed by atoms with Crippen molar-refractivity contribution in [2.45, 2.75) is 39.6 Å². The molecule has 1 aromatic heterocycles. The van der Waals surface area contributed by atoms with Crippen LogP contribution < -0.4 is 15.4 Å². The molecular formula is C22H22ClF3N4O. The van der Waals surface area contributed by atoms with Gasteiger partial charge in [-0.15, -0.1) is 13.2 Å². The molecule has 0 bridgehead atoms. The summed E-state index contributed by atoms with van der Waals surface area (Å²) in [5.41, 5.74) is 2.22. The van der Waals surface area contributed by atoms with Gasteiger partial charge in [-0.1, -0.05) is 23.7 Å². The molecule has 0 aliphatic rings. The van der Waals surface area contributed by atoms with Crippen molar-refractivity contribution in [1.29, 1.82) is 0 Å². The minimum absolute atomic E-state index is 0.322. The quantitative estimate of drug-likeness (QED) is 0.440. The molecule has 0 atom stereocenters. The van der Waals surface area contributed by atoms with Crippen LogP contribution in [0, 0.1) is 6.92 Å². The van der Waals surface area contributed by atoms with Crippen molar-refractivity contribution in [3.63, 3.8) is 0 Å². The third-order valence-corrected chi connectivity index (χ3v) is 4.43. The predicted octanol–water partition coefficient (Wildman–Crippen LogP) is 6.96. The Morgan fingerprint density at radius 1 is 0.968 bits per heavy atom. The van der Waals surface area contributed by atoms with Crippen molar-refractivity contribution in [1.82, 2.24) is 9.97 Å². The number of aromatic nitrogens is 2. The molecule has 0 aliphatic heterocycles. The summed E-state index contributed by atoms with van der Waals surface area (Å²) < 4.78 is 41.9. The summed E-state index contributed by atoms with van der Waals surface area (Å²) in [4.78, 5) is 8.98. The monoisotopic (exact) mass is 450 g/mol. The molecule has 0 fully saturated rings. The SMILES string of the molecule is Cc1cc(Nc2cc(-c3cccc(OC(F)(F)F)c3)nc(NC(C)(C)C)n2)ccc1Cl. The lowest BCUT2D eigenvalue weighted by atomic mass is 10.1. The highest BCUT2D eigenvalue weighted by atomic mass is 35.5. The Kier molecular flexibility index (Phi) is 6.31.